The lowest BCUT2D eigenvalue weighted by molar-refractivity contribution is -0.142. The van der Waals surface area contributed by atoms with Crippen LogP contribution >= 0.6 is 8.61 Å². The molecule has 0 saturated carbocycles. The van der Waals surface area contributed by atoms with Crippen molar-refractivity contribution in [2.45, 2.75) is 38.8 Å². The lowest BCUT2D eigenvalue weighted by atomic mass is 10.0. The van der Waals surface area contributed by atoms with Crippen molar-refractivity contribution < 1.29 is 19.3 Å². The van der Waals surface area contributed by atoms with E-state index >= 15 is 0 Å². The second-order valence-electron chi connectivity index (χ2n) is 5.52. The molecule has 1 rings (SSSR count). The van der Waals surface area contributed by atoms with Crippen LogP contribution in [0.4, 0.5) is 0 Å². The highest BCUT2D eigenvalue weighted by Crippen LogP contribution is 2.08. The van der Waals surface area contributed by atoms with E-state index in [1.165, 1.54) is 0 Å². The first kappa shape index (κ1) is 18.3. The fourth-order valence-electron chi connectivity index (χ4n) is 2.10. The highest BCUT2D eigenvalue weighted by atomic mass is 31.1. The molecule has 0 aliphatic heterocycles. The molecular weight excluding hydrogens is 303 g/mol. The van der Waals surface area contributed by atoms with E-state index in [9.17, 15) is 19.3 Å². The predicted molar refractivity (Wildman–Crippen MR) is 85.1 cm³/mol. The largest absolute Gasteiger partial charge is 0.480 e. The van der Waals surface area contributed by atoms with Gasteiger partial charge in [-0.05, 0) is 17.9 Å². The monoisotopic (exact) mass is 325 g/mol. The number of rotatable bonds is 9. The Bertz CT molecular complexity index is 508. The van der Waals surface area contributed by atoms with Crippen molar-refractivity contribution in [3.05, 3.63) is 35.9 Å². The summed E-state index contributed by atoms with van der Waals surface area (Å²) in [6, 6.07) is 7.61. The highest BCUT2D eigenvalue weighted by molar-refractivity contribution is 7.21. The lowest BCUT2D eigenvalue weighted by Crippen LogP contribution is -2.49. The molecule has 0 saturated heterocycles. The molecule has 120 valence electrons. The first-order chi connectivity index (χ1) is 10.4. The van der Waals surface area contributed by atoms with Crippen molar-refractivity contribution in [2.24, 2.45) is 5.92 Å². The molecule has 3 N–H and O–H groups in total. The number of carbonyl (C=O) groups is 2. The first-order valence-corrected chi connectivity index (χ1v) is 8.04. The number of hydrogen-bond donors (Lipinski definition) is 3. The van der Waals surface area contributed by atoms with Crippen LogP contribution in [0.25, 0.3) is 0 Å². The van der Waals surface area contributed by atoms with Crippen molar-refractivity contribution in [1.29, 1.82) is 0 Å². The van der Waals surface area contributed by atoms with E-state index in [4.69, 9.17) is 0 Å². The van der Waals surface area contributed by atoms with Gasteiger partial charge in [-0.1, -0.05) is 53.8 Å². The second kappa shape index (κ2) is 9.28. The molecule has 1 aromatic carbocycles. The molecule has 0 radical (unpaired) electrons. The Hall–Kier alpha value is -1.78. The summed E-state index contributed by atoms with van der Waals surface area (Å²) < 4.78 is 10.9. The molecule has 7 heteroatoms. The molecule has 0 fully saturated rings. The Balaban J connectivity index is 2.75. The molecule has 0 heterocycles. The Morgan fingerprint density at radius 3 is 2.32 bits per heavy atom. The number of amides is 1. The van der Waals surface area contributed by atoms with E-state index in [0.717, 1.165) is 5.56 Å². The van der Waals surface area contributed by atoms with E-state index in [1.807, 2.05) is 44.2 Å². The summed E-state index contributed by atoms with van der Waals surface area (Å²) in [5.74, 6) is -1.38. The first-order valence-electron chi connectivity index (χ1n) is 7.13. The summed E-state index contributed by atoms with van der Waals surface area (Å²) in [4.78, 5) is 23.5. The number of carbonyl (C=O) groups excluding carboxylic acids is 1. The smallest absolute Gasteiger partial charge is 0.418 e. The van der Waals surface area contributed by atoms with Crippen LogP contribution in [-0.4, -0.2) is 29.1 Å². The van der Waals surface area contributed by atoms with E-state index in [-0.39, 0.29) is 5.92 Å². The van der Waals surface area contributed by atoms with Gasteiger partial charge in [0.15, 0.2) is 0 Å². The van der Waals surface area contributed by atoms with E-state index < -0.39 is 32.6 Å². The number of hydrogen-bond acceptors (Lipinski definition) is 3. The van der Waals surface area contributed by atoms with Crippen molar-refractivity contribution >= 4 is 20.5 Å². The van der Waals surface area contributed by atoms with Crippen molar-refractivity contribution in [3.63, 3.8) is 0 Å². The quantitative estimate of drug-likeness (QED) is 0.601. The van der Waals surface area contributed by atoms with Gasteiger partial charge in [0, 0.05) is 6.42 Å². The highest BCUT2D eigenvalue weighted by Gasteiger charge is 2.27. The average molecular weight is 325 g/mol. The van der Waals surface area contributed by atoms with Crippen LogP contribution in [0, 0.1) is 5.92 Å². The fraction of sp³-hybridized carbons (Fsp3) is 0.467. The normalized spacial score (nSPS) is 13.8. The van der Waals surface area contributed by atoms with Gasteiger partial charge in [0.05, 0.1) is 0 Å². The molecule has 0 aliphatic carbocycles. The van der Waals surface area contributed by atoms with Gasteiger partial charge in [-0.3, -0.25) is 4.79 Å². The molecule has 0 aliphatic rings. The summed E-state index contributed by atoms with van der Waals surface area (Å²) in [7, 11) is -0.839. The van der Waals surface area contributed by atoms with Crippen LogP contribution in [-0.2, 0) is 20.6 Å². The summed E-state index contributed by atoms with van der Waals surface area (Å²) in [6.07, 6.45) is 0.689. The Kier molecular flexibility index (Phi) is 7.71. The minimum absolute atomic E-state index is 0.142. The molecule has 3 unspecified atom stereocenters. The Morgan fingerprint density at radius 2 is 1.82 bits per heavy atom. The van der Waals surface area contributed by atoms with Gasteiger partial charge in [0.25, 0.3) is 0 Å². The fourth-order valence-corrected chi connectivity index (χ4v) is 2.47. The lowest BCUT2D eigenvalue weighted by Gasteiger charge is -2.19. The number of carboxylic acids is 1. The van der Waals surface area contributed by atoms with Gasteiger partial charge < -0.3 is 10.4 Å². The maximum atomic E-state index is 12.3. The summed E-state index contributed by atoms with van der Waals surface area (Å²) >= 11 is 0. The summed E-state index contributed by atoms with van der Waals surface area (Å²) in [6.45, 7) is 3.78. The third-order valence-corrected chi connectivity index (χ3v) is 3.62. The molecular formula is C15H22N2O4P+. The molecule has 0 spiro atoms. The number of nitrogens with one attached hydrogen (secondary N) is 2. The number of benzene rings is 1. The van der Waals surface area contributed by atoms with Gasteiger partial charge in [-0.2, -0.15) is 0 Å². The van der Waals surface area contributed by atoms with E-state index in [1.54, 1.807) is 0 Å². The Labute approximate surface area is 131 Å². The zero-order chi connectivity index (χ0) is 16.5. The molecule has 1 aromatic rings. The Morgan fingerprint density at radius 1 is 1.18 bits per heavy atom. The van der Waals surface area contributed by atoms with Crippen molar-refractivity contribution in [1.82, 2.24) is 10.4 Å². The van der Waals surface area contributed by atoms with Crippen molar-refractivity contribution in [2.75, 3.05) is 0 Å². The number of aliphatic carboxylic acids is 1. The molecule has 0 aromatic heterocycles. The van der Waals surface area contributed by atoms with Crippen LogP contribution in [0.1, 0.15) is 25.8 Å². The minimum Gasteiger partial charge on any atom is -0.480 e. The SMILES string of the molecule is CC(C)CC(NC(=O)C(Cc1ccccc1)N[PH+]=O)C(=O)O. The van der Waals surface area contributed by atoms with E-state index in [2.05, 4.69) is 10.4 Å². The van der Waals surface area contributed by atoms with Crippen LogP contribution in [0.5, 0.6) is 0 Å². The van der Waals surface area contributed by atoms with Crippen LogP contribution in [0.2, 0.25) is 0 Å². The maximum absolute atomic E-state index is 12.3. The van der Waals surface area contributed by atoms with Gasteiger partial charge in [-0.25, -0.2) is 4.79 Å². The standard InChI is InChI=1S/C15H21N2O4P/c1-10(2)8-13(15(19)20)16-14(18)12(17-22-21)9-11-6-4-3-5-7-11/h3-7,10,12-13H,8-9H2,1-2H3,(H,16,18)(H,17,21)(H,19,20)/p+1. The molecule has 0 bridgehead atoms. The van der Waals surface area contributed by atoms with Gasteiger partial charge in [-0.15, -0.1) is 0 Å². The van der Waals surface area contributed by atoms with Gasteiger partial charge in [0.2, 0.25) is 5.91 Å². The molecule has 3 atom stereocenters. The number of carboxylic acid groups (broad SMARTS) is 1. The molecule has 1 amide bonds. The van der Waals surface area contributed by atoms with E-state index in [0.29, 0.717) is 12.8 Å². The van der Waals surface area contributed by atoms with Crippen LogP contribution in [0.3, 0.4) is 0 Å². The third kappa shape index (κ3) is 6.33. The summed E-state index contributed by atoms with van der Waals surface area (Å²) in [5, 5.41) is 14.3. The van der Waals surface area contributed by atoms with Gasteiger partial charge >= 0.3 is 14.6 Å². The molecule has 22 heavy (non-hydrogen) atoms. The zero-order valence-corrected chi connectivity index (χ0v) is 13.7. The second-order valence-corrected chi connectivity index (χ2v) is 6.01. The average Bonchev–Trinajstić information content (AvgIpc) is 2.46. The summed E-state index contributed by atoms with van der Waals surface area (Å²) in [5.41, 5.74) is 0.907. The topological polar surface area (TPSA) is 95.5 Å². The van der Waals surface area contributed by atoms with Gasteiger partial charge in [0.1, 0.15) is 12.1 Å². The van der Waals surface area contributed by atoms with Crippen LogP contribution in [0.15, 0.2) is 30.3 Å². The maximum Gasteiger partial charge on any atom is 0.418 e. The molecule has 6 nitrogen and oxygen atoms in total. The predicted octanol–water partition coefficient (Wildman–Crippen LogP) is 1.74. The third-order valence-electron chi connectivity index (χ3n) is 3.15. The minimum atomic E-state index is -1.06. The zero-order valence-electron chi connectivity index (χ0n) is 12.7. The van der Waals surface area contributed by atoms with Crippen LogP contribution < -0.4 is 10.4 Å². The van der Waals surface area contributed by atoms with Crippen molar-refractivity contribution in [3.8, 4) is 0 Å².